The van der Waals surface area contributed by atoms with Crippen LogP contribution in [0.1, 0.15) is 30.7 Å². The first-order chi connectivity index (χ1) is 12.1. The third-order valence-electron chi connectivity index (χ3n) is 6.15. The van der Waals surface area contributed by atoms with E-state index in [2.05, 4.69) is 4.90 Å². The molecule has 0 unspecified atom stereocenters. The Hall–Kier alpha value is -1.14. The molecule has 136 valence electrons. The third-order valence-corrected chi connectivity index (χ3v) is 6.76. The minimum atomic E-state index is -0.533. The largest absolute Gasteiger partial charge is 0.337 e. The number of benzene rings is 1. The molecule has 0 aromatic heterocycles. The van der Waals surface area contributed by atoms with Crippen LogP contribution in [0.2, 0.25) is 0 Å². The summed E-state index contributed by atoms with van der Waals surface area (Å²) in [6, 6.07) is 4.22. The van der Waals surface area contributed by atoms with E-state index in [1.54, 1.807) is 11.8 Å². The minimum Gasteiger partial charge on any atom is -0.337 e. The summed E-state index contributed by atoms with van der Waals surface area (Å²) >= 11 is 1.68. The Kier molecular flexibility index (Phi) is 4.75. The molecular formula is C19H24F2N2OS. The first-order valence-corrected chi connectivity index (χ1v) is 10.5. The van der Waals surface area contributed by atoms with Gasteiger partial charge in [0, 0.05) is 36.7 Å². The molecular weight excluding hydrogens is 342 g/mol. The Labute approximate surface area is 151 Å². The molecule has 1 aromatic rings. The minimum absolute atomic E-state index is 0.00321. The zero-order valence-electron chi connectivity index (χ0n) is 14.5. The molecule has 0 saturated carbocycles. The fourth-order valence-corrected chi connectivity index (χ4v) is 5.50. The van der Waals surface area contributed by atoms with Gasteiger partial charge in [0.2, 0.25) is 5.91 Å². The number of hydrogen-bond donors (Lipinski definition) is 0. The highest BCUT2D eigenvalue weighted by Gasteiger charge is 2.54. The van der Waals surface area contributed by atoms with Gasteiger partial charge >= 0.3 is 0 Å². The van der Waals surface area contributed by atoms with E-state index < -0.39 is 11.6 Å². The number of likely N-dealkylation sites (tertiary alicyclic amines) is 1. The summed E-state index contributed by atoms with van der Waals surface area (Å²) in [4.78, 5) is 17.3. The first-order valence-electron chi connectivity index (χ1n) is 9.07. The lowest BCUT2D eigenvalue weighted by Gasteiger charge is -2.51. The number of piperidine rings is 3. The van der Waals surface area contributed by atoms with Crippen molar-refractivity contribution in [2.24, 2.45) is 5.92 Å². The standard InChI is InChI=1S/C19H24F2N2OS/c1-25-7-4-17(24)23-11-16(13-8-14(20)10-15(21)9-13)19-18(23)12-2-5-22(19)6-3-12/h8-10,12,16,18-19H,2-7,11H2,1H3/t16-,18+,19+/m0/s1. The van der Waals surface area contributed by atoms with E-state index in [4.69, 9.17) is 0 Å². The number of hydrogen-bond acceptors (Lipinski definition) is 3. The molecule has 5 rings (SSSR count). The van der Waals surface area contributed by atoms with Crippen molar-refractivity contribution in [3.05, 3.63) is 35.4 Å². The molecule has 4 heterocycles. The second-order valence-corrected chi connectivity index (χ2v) is 8.44. The molecule has 1 amide bonds. The Morgan fingerprint density at radius 1 is 1.16 bits per heavy atom. The van der Waals surface area contributed by atoms with Gasteiger partial charge in [-0.3, -0.25) is 9.69 Å². The van der Waals surface area contributed by atoms with Crippen LogP contribution < -0.4 is 0 Å². The van der Waals surface area contributed by atoms with Crippen LogP contribution >= 0.6 is 11.8 Å². The van der Waals surface area contributed by atoms with Gasteiger partial charge in [-0.15, -0.1) is 0 Å². The Morgan fingerprint density at radius 2 is 1.84 bits per heavy atom. The van der Waals surface area contributed by atoms with Crippen LogP contribution in [0.4, 0.5) is 8.78 Å². The van der Waals surface area contributed by atoms with E-state index in [0.29, 0.717) is 24.4 Å². The average Bonchev–Trinajstić information content (AvgIpc) is 3.03. The van der Waals surface area contributed by atoms with Crippen molar-refractivity contribution in [1.29, 1.82) is 0 Å². The Morgan fingerprint density at radius 3 is 2.48 bits per heavy atom. The summed E-state index contributed by atoms with van der Waals surface area (Å²) in [5, 5.41) is 0. The number of halogens is 2. The van der Waals surface area contributed by atoms with E-state index in [-0.39, 0.29) is 23.9 Å². The van der Waals surface area contributed by atoms with Gasteiger partial charge in [-0.05, 0) is 55.8 Å². The quantitative estimate of drug-likeness (QED) is 0.818. The molecule has 4 aliphatic rings. The van der Waals surface area contributed by atoms with Crippen molar-refractivity contribution in [2.75, 3.05) is 31.6 Å². The van der Waals surface area contributed by atoms with Crippen LogP contribution in [-0.2, 0) is 4.79 Å². The summed E-state index contributed by atoms with van der Waals surface area (Å²) < 4.78 is 27.6. The monoisotopic (exact) mass is 366 g/mol. The average molecular weight is 366 g/mol. The smallest absolute Gasteiger partial charge is 0.223 e. The van der Waals surface area contributed by atoms with Crippen LogP contribution in [0.15, 0.2) is 18.2 Å². The van der Waals surface area contributed by atoms with Gasteiger partial charge in [-0.25, -0.2) is 8.78 Å². The van der Waals surface area contributed by atoms with Gasteiger partial charge < -0.3 is 4.90 Å². The molecule has 3 nitrogen and oxygen atoms in total. The number of amides is 1. The second-order valence-electron chi connectivity index (χ2n) is 7.45. The van der Waals surface area contributed by atoms with E-state index >= 15 is 0 Å². The molecule has 4 aliphatic heterocycles. The maximum absolute atomic E-state index is 13.8. The van der Waals surface area contributed by atoms with Crippen LogP contribution in [0.5, 0.6) is 0 Å². The molecule has 4 fully saturated rings. The summed E-state index contributed by atoms with van der Waals surface area (Å²) in [6.07, 6.45) is 4.80. The summed E-state index contributed by atoms with van der Waals surface area (Å²) in [5.41, 5.74) is 0.695. The van der Waals surface area contributed by atoms with Gasteiger partial charge in [0.1, 0.15) is 11.6 Å². The number of carbonyl (C=O) groups is 1. The van der Waals surface area contributed by atoms with Crippen LogP contribution in [-0.4, -0.2) is 59.4 Å². The van der Waals surface area contributed by atoms with Gasteiger partial charge in [0.25, 0.3) is 0 Å². The van der Waals surface area contributed by atoms with E-state index in [0.717, 1.165) is 37.8 Å². The number of carbonyl (C=O) groups excluding carboxylic acids is 1. The fraction of sp³-hybridized carbons (Fsp3) is 0.632. The Bertz CT molecular complexity index is 643. The number of fused-ring (bicyclic) bond motifs is 2. The number of rotatable bonds is 4. The van der Waals surface area contributed by atoms with E-state index in [1.807, 2.05) is 11.2 Å². The SMILES string of the molecule is CSCCC(=O)N1C[C@@H](c2cc(F)cc(F)c2)[C@@H]2[C@H]1C1CCN2CC1. The van der Waals surface area contributed by atoms with Crippen LogP contribution in [0, 0.1) is 17.6 Å². The van der Waals surface area contributed by atoms with Crippen molar-refractivity contribution in [3.8, 4) is 0 Å². The zero-order chi connectivity index (χ0) is 17.6. The maximum Gasteiger partial charge on any atom is 0.223 e. The van der Waals surface area contributed by atoms with Crippen molar-refractivity contribution in [3.63, 3.8) is 0 Å². The molecule has 0 aliphatic carbocycles. The molecule has 0 spiro atoms. The van der Waals surface area contributed by atoms with Crippen molar-refractivity contribution < 1.29 is 13.6 Å². The molecule has 1 aromatic carbocycles. The van der Waals surface area contributed by atoms with E-state index in [9.17, 15) is 13.6 Å². The topological polar surface area (TPSA) is 23.6 Å². The summed E-state index contributed by atoms with van der Waals surface area (Å²) in [7, 11) is 0. The normalized spacial score (nSPS) is 33.6. The highest BCUT2D eigenvalue weighted by atomic mass is 32.2. The molecule has 3 atom stereocenters. The summed E-state index contributed by atoms with van der Waals surface area (Å²) in [5.74, 6) is 0.468. The van der Waals surface area contributed by atoms with Gasteiger partial charge in [-0.1, -0.05) is 0 Å². The molecule has 0 radical (unpaired) electrons. The number of thioether (sulfide) groups is 1. The van der Waals surface area contributed by atoms with Crippen molar-refractivity contribution >= 4 is 17.7 Å². The predicted octanol–water partition coefficient (Wildman–Crippen LogP) is 3.11. The lowest BCUT2D eigenvalue weighted by atomic mass is 9.75. The highest BCUT2D eigenvalue weighted by Crippen LogP contribution is 2.46. The van der Waals surface area contributed by atoms with Crippen molar-refractivity contribution in [2.45, 2.75) is 37.3 Å². The van der Waals surface area contributed by atoms with E-state index in [1.165, 1.54) is 12.1 Å². The van der Waals surface area contributed by atoms with Crippen molar-refractivity contribution in [1.82, 2.24) is 9.80 Å². The van der Waals surface area contributed by atoms with Gasteiger partial charge in [0.05, 0.1) is 6.04 Å². The lowest BCUT2D eigenvalue weighted by molar-refractivity contribution is -0.135. The fourth-order valence-electron chi connectivity index (χ4n) is 5.12. The molecule has 2 bridgehead atoms. The first kappa shape index (κ1) is 17.3. The Balaban J connectivity index is 1.67. The second kappa shape index (κ2) is 6.88. The molecule has 4 saturated heterocycles. The van der Waals surface area contributed by atoms with Crippen LogP contribution in [0.25, 0.3) is 0 Å². The highest BCUT2D eigenvalue weighted by molar-refractivity contribution is 7.98. The molecule has 6 heteroatoms. The van der Waals surface area contributed by atoms with Gasteiger partial charge in [0.15, 0.2) is 0 Å². The molecule has 0 N–H and O–H groups in total. The number of nitrogens with zero attached hydrogens (tertiary/aromatic N) is 2. The van der Waals surface area contributed by atoms with Gasteiger partial charge in [-0.2, -0.15) is 11.8 Å². The zero-order valence-corrected chi connectivity index (χ0v) is 15.3. The van der Waals surface area contributed by atoms with Crippen LogP contribution in [0.3, 0.4) is 0 Å². The maximum atomic E-state index is 13.8. The predicted molar refractivity (Wildman–Crippen MR) is 95.7 cm³/mol. The third kappa shape index (κ3) is 3.08. The summed E-state index contributed by atoms with van der Waals surface area (Å²) in [6.45, 7) is 2.65. The lowest BCUT2D eigenvalue weighted by Crippen LogP contribution is -2.60. The molecule has 25 heavy (non-hydrogen) atoms.